The quantitative estimate of drug-likeness (QED) is 0.821. The first-order chi connectivity index (χ1) is 6.52. The number of nitrogens with two attached hydrogens (primary N) is 1. The number of hydrogen-bond acceptors (Lipinski definition) is 1. The molecule has 2 nitrogen and oxygen atoms in total. The van der Waals surface area contributed by atoms with E-state index in [1.807, 2.05) is 26.0 Å². The molecule has 0 aliphatic rings. The standard InChI is InChI=1S/C11H14ClNO/c1-7(2)10(11(13)14)8-3-5-9(12)6-4-8/h3-7,10H,1-2H3,(H2,13,14)/t10-/m1/s1. The van der Waals surface area contributed by atoms with Crippen LogP contribution in [0.15, 0.2) is 24.3 Å². The van der Waals surface area contributed by atoms with E-state index in [9.17, 15) is 4.79 Å². The number of benzene rings is 1. The summed E-state index contributed by atoms with van der Waals surface area (Å²) in [6.45, 7) is 3.95. The summed E-state index contributed by atoms with van der Waals surface area (Å²) in [4.78, 5) is 11.2. The summed E-state index contributed by atoms with van der Waals surface area (Å²) in [5.41, 5.74) is 6.26. The molecule has 1 rings (SSSR count). The zero-order valence-electron chi connectivity index (χ0n) is 8.33. The molecule has 2 N–H and O–H groups in total. The van der Waals surface area contributed by atoms with Crippen LogP contribution in [0.25, 0.3) is 0 Å². The number of primary amides is 1. The Morgan fingerprint density at radius 1 is 1.29 bits per heavy atom. The molecule has 0 saturated carbocycles. The molecule has 0 aromatic heterocycles. The highest BCUT2D eigenvalue weighted by atomic mass is 35.5. The third kappa shape index (κ3) is 2.48. The molecule has 0 unspecified atom stereocenters. The van der Waals surface area contributed by atoms with Crippen molar-refractivity contribution in [3.8, 4) is 0 Å². The third-order valence-electron chi connectivity index (χ3n) is 2.20. The van der Waals surface area contributed by atoms with Gasteiger partial charge in [-0.1, -0.05) is 37.6 Å². The van der Waals surface area contributed by atoms with Crippen molar-refractivity contribution in [2.75, 3.05) is 0 Å². The predicted molar refractivity (Wildman–Crippen MR) is 58.2 cm³/mol. The normalized spacial score (nSPS) is 12.9. The van der Waals surface area contributed by atoms with E-state index in [1.165, 1.54) is 0 Å². The Balaban J connectivity index is 3.00. The molecule has 1 atom stereocenters. The molecule has 0 fully saturated rings. The third-order valence-corrected chi connectivity index (χ3v) is 2.45. The predicted octanol–water partition coefficient (Wildman–Crippen LogP) is 2.56. The van der Waals surface area contributed by atoms with Crippen molar-refractivity contribution in [3.63, 3.8) is 0 Å². The van der Waals surface area contributed by atoms with Crippen LogP contribution >= 0.6 is 11.6 Å². The summed E-state index contributed by atoms with van der Waals surface area (Å²) in [6.07, 6.45) is 0. The number of amides is 1. The number of carbonyl (C=O) groups excluding carboxylic acids is 1. The fraction of sp³-hybridized carbons (Fsp3) is 0.364. The van der Waals surface area contributed by atoms with E-state index in [2.05, 4.69) is 0 Å². The average Bonchev–Trinajstić information content (AvgIpc) is 2.07. The molecule has 0 aliphatic heterocycles. The Kier molecular flexibility index (Phi) is 3.53. The van der Waals surface area contributed by atoms with Crippen molar-refractivity contribution in [2.24, 2.45) is 11.7 Å². The second kappa shape index (κ2) is 4.47. The zero-order chi connectivity index (χ0) is 10.7. The fourth-order valence-electron chi connectivity index (χ4n) is 1.55. The van der Waals surface area contributed by atoms with Crippen LogP contribution in [0.1, 0.15) is 25.3 Å². The van der Waals surface area contributed by atoms with Crippen molar-refractivity contribution < 1.29 is 4.79 Å². The minimum atomic E-state index is -0.290. The van der Waals surface area contributed by atoms with Gasteiger partial charge in [-0.15, -0.1) is 0 Å². The Labute approximate surface area is 89.1 Å². The topological polar surface area (TPSA) is 43.1 Å². The van der Waals surface area contributed by atoms with Crippen LogP contribution in [0.3, 0.4) is 0 Å². The van der Waals surface area contributed by atoms with E-state index < -0.39 is 0 Å². The lowest BCUT2D eigenvalue weighted by Gasteiger charge is -2.17. The van der Waals surface area contributed by atoms with Crippen molar-refractivity contribution in [1.29, 1.82) is 0 Å². The van der Waals surface area contributed by atoms with Crippen molar-refractivity contribution in [3.05, 3.63) is 34.9 Å². The SMILES string of the molecule is CC(C)[C@@H](C(N)=O)c1ccc(Cl)cc1. The van der Waals surface area contributed by atoms with Crippen LogP contribution in [-0.2, 0) is 4.79 Å². The first-order valence-corrected chi connectivity index (χ1v) is 4.95. The number of halogens is 1. The van der Waals surface area contributed by atoms with Crippen LogP contribution < -0.4 is 5.73 Å². The minimum Gasteiger partial charge on any atom is -0.369 e. The van der Waals surface area contributed by atoms with Crippen LogP contribution in [0, 0.1) is 5.92 Å². The Morgan fingerprint density at radius 2 is 1.79 bits per heavy atom. The summed E-state index contributed by atoms with van der Waals surface area (Å²) < 4.78 is 0. The molecule has 0 saturated heterocycles. The maximum absolute atomic E-state index is 11.2. The van der Waals surface area contributed by atoms with Crippen LogP contribution in [0.2, 0.25) is 5.02 Å². The van der Waals surface area contributed by atoms with Gasteiger partial charge in [-0.2, -0.15) is 0 Å². The number of carbonyl (C=O) groups is 1. The van der Waals surface area contributed by atoms with E-state index in [4.69, 9.17) is 17.3 Å². The van der Waals surface area contributed by atoms with Gasteiger partial charge in [-0.3, -0.25) is 4.79 Å². The molecule has 3 heteroatoms. The molecular formula is C11H14ClNO. The first-order valence-electron chi connectivity index (χ1n) is 4.57. The van der Waals surface area contributed by atoms with Gasteiger partial charge in [0, 0.05) is 5.02 Å². The van der Waals surface area contributed by atoms with Crippen molar-refractivity contribution >= 4 is 17.5 Å². The number of rotatable bonds is 3. The number of hydrogen-bond donors (Lipinski definition) is 1. The first kappa shape index (κ1) is 11.1. The summed E-state index contributed by atoms with van der Waals surface area (Å²) >= 11 is 5.76. The molecule has 1 aromatic carbocycles. The van der Waals surface area contributed by atoms with Crippen LogP contribution in [-0.4, -0.2) is 5.91 Å². The van der Waals surface area contributed by atoms with Gasteiger partial charge in [-0.05, 0) is 23.6 Å². The maximum Gasteiger partial charge on any atom is 0.225 e. The lowest BCUT2D eigenvalue weighted by Crippen LogP contribution is -2.25. The second-order valence-electron chi connectivity index (χ2n) is 3.68. The van der Waals surface area contributed by atoms with Gasteiger partial charge in [-0.25, -0.2) is 0 Å². The highest BCUT2D eigenvalue weighted by Gasteiger charge is 2.21. The van der Waals surface area contributed by atoms with E-state index in [0.717, 1.165) is 5.56 Å². The molecule has 0 spiro atoms. The molecule has 1 amide bonds. The fourth-order valence-corrected chi connectivity index (χ4v) is 1.67. The molecule has 0 aliphatic carbocycles. The van der Waals surface area contributed by atoms with Gasteiger partial charge in [0.1, 0.15) is 0 Å². The summed E-state index contributed by atoms with van der Waals surface area (Å²) in [5.74, 6) is -0.316. The maximum atomic E-state index is 11.2. The molecule has 0 heterocycles. The largest absolute Gasteiger partial charge is 0.369 e. The van der Waals surface area contributed by atoms with Gasteiger partial charge in [0.15, 0.2) is 0 Å². The second-order valence-corrected chi connectivity index (χ2v) is 4.11. The van der Waals surface area contributed by atoms with Crippen molar-refractivity contribution in [2.45, 2.75) is 19.8 Å². The monoisotopic (exact) mass is 211 g/mol. The van der Waals surface area contributed by atoms with Crippen LogP contribution in [0.4, 0.5) is 0 Å². The van der Waals surface area contributed by atoms with E-state index in [-0.39, 0.29) is 17.7 Å². The van der Waals surface area contributed by atoms with E-state index >= 15 is 0 Å². The molecule has 0 bridgehead atoms. The molecular weight excluding hydrogens is 198 g/mol. The Hall–Kier alpha value is -1.02. The summed E-state index contributed by atoms with van der Waals surface area (Å²) in [6, 6.07) is 7.24. The van der Waals surface area contributed by atoms with Gasteiger partial charge in [0.2, 0.25) is 5.91 Å². The minimum absolute atomic E-state index is 0.202. The highest BCUT2D eigenvalue weighted by molar-refractivity contribution is 6.30. The lowest BCUT2D eigenvalue weighted by molar-refractivity contribution is -0.120. The molecule has 0 radical (unpaired) electrons. The van der Waals surface area contributed by atoms with E-state index in [1.54, 1.807) is 12.1 Å². The Bertz CT molecular complexity index is 319. The molecule has 76 valence electrons. The summed E-state index contributed by atoms with van der Waals surface area (Å²) in [5, 5.41) is 0.667. The lowest BCUT2D eigenvalue weighted by atomic mass is 9.88. The van der Waals surface area contributed by atoms with Crippen LogP contribution in [0.5, 0.6) is 0 Å². The van der Waals surface area contributed by atoms with Crippen molar-refractivity contribution in [1.82, 2.24) is 0 Å². The van der Waals surface area contributed by atoms with Gasteiger partial charge in [0.05, 0.1) is 5.92 Å². The van der Waals surface area contributed by atoms with Gasteiger partial charge >= 0.3 is 0 Å². The van der Waals surface area contributed by atoms with E-state index in [0.29, 0.717) is 5.02 Å². The zero-order valence-corrected chi connectivity index (χ0v) is 9.08. The van der Waals surface area contributed by atoms with Gasteiger partial charge < -0.3 is 5.73 Å². The average molecular weight is 212 g/mol. The Morgan fingerprint density at radius 3 is 2.14 bits per heavy atom. The summed E-state index contributed by atoms with van der Waals surface area (Å²) in [7, 11) is 0. The van der Waals surface area contributed by atoms with Gasteiger partial charge in [0.25, 0.3) is 0 Å². The molecule has 14 heavy (non-hydrogen) atoms. The highest BCUT2D eigenvalue weighted by Crippen LogP contribution is 2.25. The molecule has 1 aromatic rings. The smallest absolute Gasteiger partial charge is 0.225 e.